The molecule has 3 rings (SSSR count). The van der Waals surface area contributed by atoms with E-state index in [0.29, 0.717) is 17.0 Å². The number of benzene rings is 2. The van der Waals surface area contributed by atoms with Crippen LogP contribution in [-0.2, 0) is 9.53 Å². The third-order valence-corrected chi connectivity index (χ3v) is 4.50. The van der Waals surface area contributed by atoms with Gasteiger partial charge in [-0.25, -0.2) is 4.79 Å². The van der Waals surface area contributed by atoms with Crippen molar-refractivity contribution in [1.29, 1.82) is 0 Å². The number of ether oxygens (including phenoxy) is 2. The first-order valence-corrected chi connectivity index (χ1v) is 9.00. The third-order valence-electron chi connectivity index (χ3n) is 4.50. The van der Waals surface area contributed by atoms with Crippen LogP contribution in [0.15, 0.2) is 54.1 Å². The number of hydrogen-bond acceptors (Lipinski definition) is 4. The molecule has 140 valence electrons. The van der Waals surface area contributed by atoms with Crippen LogP contribution < -0.4 is 4.74 Å². The maximum absolute atomic E-state index is 12.9. The van der Waals surface area contributed by atoms with Crippen molar-refractivity contribution in [2.75, 3.05) is 13.7 Å². The SMILES string of the molecule is CCOC(=O)C1=C(c2ccccc2)c2ccc(OC)cc2C1=[N+](O)C(C)C. The summed E-state index contributed by atoms with van der Waals surface area (Å²) in [4.78, 5) is 12.9. The van der Waals surface area contributed by atoms with Crippen molar-refractivity contribution in [2.45, 2.75) is 26.8 Å². The lowest BCUT2D eigenvalue weighted by atomic mass is 9.97. The minimum Gasteiger partial charge on any atom is -0.497 e. The van der Waals surface area contributed by atoms with Gasteiger partial charge in [0.25, 0.3) is 5.71 Å². The van der Waals surface area contributed by atoms with Crippen LogP contribution in [0.4, 0.5) is 0 Å². The fourth-order valence-corrected chi connectivity index (χ4v) is 3.25. The maximum atomic E-state index is 12.9. The molecule has 1 aliphatic carbocycles. The van der Waals surface area contributed by atoms with Crippen LogP contribution in [0, 0.1) is 0 Å². The van der Waals surface area contributed by atoms with E-state index < -0.39 is 5.97 Å². The fraction of sp³-hybridized carbons (Fsp3) is 0.273. The fourth-order valence-electron chi connectivity index (χ4n) is 3.25. The number of methoxy groups -OCH3 is 1. The number of hydroxylamine groups is 1. The molecule has 0 aliphatic heterocycles. The normalized spacial score (nSPS) is 15.0. The van der Waals surface area contributed by atoms with Crippen molar-refractivity contribution in [3.05, 3.63) is 70.8 Å². The minimum atomic E-state index is -0.457. The van der Waals surface area contributed by atoms with Gasteiger partial charge < -0.3 is 9.47 Å². The Balaban J connectivity index is 2.39. The van der Waals surface area contributed by atoms with E-state index in [9.17, 15) is 10.0 Å². The zero-order chi connectivity index (χ0) is 19.6. The number of carbonyl (C=O) groups is 1. The molecule has 0 bridgehead atoms. The average Bonchev–Trinajstić information content (AvgIpc) is 3.02. The van der Waals surface area contributed by atoms with E-state index in [1.165, 1.54) is 0 Å². The van der Waals surface area contributed by atoms with E-state index in [0.717, 1.165) is 27.0 Å². The Labute approximate surface area is 159 Å². The molecule has 1 aliphatic rings. The lowest BCUT2D eigenvalue weighted by Gasteiger charge is -2.08. The zero-order valence-electron chi connectivity index (χ0n) is 16.0. The highest BCUT2D eigenvalue weighted by Crippen LogP contribution is 2.40. The van der Waals surface area contributed by atoms with Crippen LogP contribution in [0.25, 0.3) is 5.57 Å². The molecule has 1 N–H and O–H groups in total. The smallest absolute Gasteiger partial charge is 0.345 e. The quantitative estimate of drug-likeness (QED) is 0.380. The molecule has 5 nitrogen and oxygen atoms in total. The summed E-state index contributed by atoms with van der Waals surface area (Å²) in [6.45, 7) is 5.74. The first-order chi connectivity index (χ1) is 13.0. The lowest BCUT2D eigenvalue weighted by molar-refractivity contribution is -0.794. The molecule has 0 saturated heterocycles. The molecule has 0 radical (unpaired) electrons. The van der Waals surface area contributed by atoms with E-state index in [1.54, 1.807) is 14.0 Å². The van der Waals surface area contributed by atoms with E-state index in [4.69, 9.17) is 9.47 Å². The van der Waals surface area contributed by atoms with Gasteiger partial charge in [-0.05, 0) is 41.0 Å². The Morgan fingerprint density at radius 1 is 1.11 bits per heavy atom. The number of nitrogens with zero attached hydrogens (tertiary/aromatic N) is 1. The molecule has 0 aromatic heterocycles. The van der Waals surface area contributed by atoms with E-state index in [-0.39, 0.29) is 12.6 Å². The van der Waals surface area contributed by atoms with E-state index in [1.807, 2.05) is 62.4 Å². The topological polar surface area (TPSA) is 58.8 Å². The standard InChI is InChI=1S/C22H24NO4/c1-5-27-22(24)20-19(15-9-7-6-8-10-15)17-12-11-16(26-4)13-18(17)21(20)23(25)14(2)3/h6-14,25H,5H2,1-4H3/q+1. The molecule has 5 heteroatoms. The molecule has 27 heavy (non-hydrogen) atoms. The Hall–Kier alpha value is -3.08. The average molecular weight is 366 g/mol. The predicted molar refractivity (Wildman–Crippen MR) is 103 cm³/mol. The van der Waals surface area contributed by atoms with Crippen molar-refractivity contribution in [1.82, 2.24) is 0 Å². The van der Waals surface area contributed by atoms with Gasteiger partial charge >= 0.3 is 5.97 Å². The monoisotopic (exact) mass is 366 g/mol. The Kier molecular flexibility index (Phi) is 5.31. The molecule has 0 heterocycles. The van der Waals surface area contributed by atoms with Crippen molar-refractivity contribution < 1.29 is 24.2 Å². The molecule has 0 spiro atoms. The van der Waals surface area contributed by atoms with Gasteiger partial charge in [0.2, 0.25) is 0 Å². The second kappa shape index (κ2) is 7.66. The van der Waals surface area contributed by atoms with E-state index in [2.05, 4.69) is 0 Å². The van der Waals surface area contributed by atoms with E-state index >= 15 is 0 Å². The van der Waals surface area contributed by atoms with Gasteiger partial charge in [0.15, 0.2) is 6.04 Å². The minimum absolute atomic E-state index is 0.224. The van der Waals surface area contributed by atoms with Crippen molar-refractivity contribution in [3.63, 3.8) is 0 Å². The van der Waals surface area contributed by atoms with Crippen molar-refractivity contribution >= 4 is 17.3 Å². The molecule has 0 unspecified atom stereocenters. The van der Waals surface area contributed by atoms with Gasteiger partial charge in [-0.15, -0.1) is 0 Å². The molecular weight excluding hydrogens is 342 g/mol. The van der Waals surface area contributed by atoms with Crippen molar-refractivity contribution in [2.24, 2.45) is 0 Å². The molecule has 2 aromatic carbocycles. The van der Waals surface area contributed by atoms with Gasteiger partial charge in [0.05, 0.1) is 19.3 Å². The number of fused-ring (bicyclic) bond motifs is 1. The Morgan fingerprint density at radius 3 is 2.41 bits per heavy atom. The summed E-state index contributed by atoms with van der Waals surface area (Å²) in [6, 6.07) is 15.0. The predicted octanol–water partition coefficient (Wildman–Crippen LogP) is 3.67. The number of esters is 1. The number of rotatable bonds is 5. The van der Waals surface area contributed by atoms with Crippen molar-refractivity contribution in [3.8, 4) is 5.75 Å². The summed E-state index contributed by atoms with van der Waals surface area (Å²) in [5.41, 5.74) is 4.05. The molecule has 0 saturated carbocycles. The van der Waals surface area contributed by atoms with Gasteiger partial charge in [-0.3, -0.25) is 5.21 Å². The number of carbonyl (C=O) groups excluding carboxylic acids is 1. The van der Waals surface area contributed by atoms with Crippen LogP contribution >= 0.6 is 0 Å². The van der Waals surface area contributed by atoms with Gasteiger partial charge in [-0.2, -0.15) is 0 Å². The summed E-state index contributed by atoms with van der Waals surface area (Å²) < 4.78 is 11.8. The first-order valence-electron chi connectivity index (χ1n) is 9.00. The summed E-state index contributed by atoms with van der Waals surface area (Å²) in [5.74, 6) is 0.196. The summed E-state index contributed by atoms with van der Waals surface area (Å²) >= 11 is 0. The highest BCUT2D eigenvalue weighted by atomic mass is 16.5. The third kappa shape index (κ3) is 3.33. The molecule has 0 atom stereocenters. The van der Waals surface area contributed by atoms with Crippen LogP contribution in [0.2, 0.25) is 0 Å². The second-order valence-electron chi connectivity index (χ2n) is 6.53. The lowest BCUT2D eigenvalue weighted by Crippen LogP contribution is -2.29. The number of hydrogen-bond donors (Lipinski definition) is 1. The highest BCUT2D eigenvalue weighted by molar-refractivity contribution is 6.35. The first kappa shape index (κ1) is 18.7. The Bertz CT molecular complexity index is 927. The van der Waals surface area contributed by atoms with Crippen LogP contribution in [0.3, 0.4) is 0 Å². The highest BCUT2D eigenvalue weighted by Gasteiger charge is 2.41. The van der Waals surface area contributed by atoms with Crippen LogP contribution in [0.5, 0.6) is 5.75 Å². The van der Waals surface area contributed by atoms with Gasteiger partial charge in [0.1, 0.15) is 11.3 Å². The Morgan fingerprint density at radius 2 is 1.81 bits per heavy atom. The zero-order valence-corrected chi connectivity index (χ0v) is 16.0. The molecule has 0 amide bonds. The summed E-state index contributed by atoms with van der Waals surface area (Å²) in [7, 11) is 1.59. The van der Waals surface area contributed by atoms with Crippen LogP contribution in [0.1, 0.15) is 37.5 Å². The summed E-state index contributed by atoms with van der Waals surface area (Å²) in [5, 5.41) is 10.8. The largest absolute Gasteiger partial charge is 0.497 e. The molecular formula is C22H24NO4+. The maximum Gasteiger partial charge on any atom is 0.345 e. The second-order valence-corrected chi connectivity index (χ2v) is 6.53. The van der Waals surface area contributed by atoms with Gasteiger partial charge in [0, 0.05) is 19.4 Å². The summed E-state index contributed by atoms with van der Waals surface area (Å²) in [6.07, 6.45) is 0. The molecule has 2 aromatic rings. The van der Waals surface area contributed by atoms with Gasteiger partial charge in [-0.1, -0.05) is 30.3 Å². The van der Waals surface area contributed by atoms with Crippen LogP contribution in [-0.4, -0.2) is 41.4 Å². The molecule has 0 fully saturated rings.